The predicted molar refractivity (Wildman–Crippen MR) is 66.5 cm³/mol. The van der Waals surface area contributed by atoms with E-state index in [9.17, 15) is 14.4 Å². The molecule has 1 N–H and O–H groups in total. The maximum absolute atomic E-state index is 11.9. The monoisotopic (exact) mass is 272 g/mol. The molecule has 1 heterocycles. The maximum atomic E-state index is 11.9. The summed E-state index contributed by atoms with van der Waals surface area (Å²) < 4.78 is 4.50. The molecule has 0 aliphatic carbocycles. The molecule has 1 unspecified atom stereocenters. The molecule has 0 spiro atoms. The Morgan fingerprint density at radius 3 is 2.47 bits per heavy atom. The molecular weight excluding hydrogens is 252 g/mol. The molecule has 108 valence electrons. The van der Waals surface area contributed by atoms with Gasteiger partial charge in [-0.05, 0) is 0 Å². The molecule has 0 aromatic heterocycles. The second kappa shape index (κ2) is 6.40. The Morgan fingerprint density at radius 1 is 1.42 bits per heavy atom. The molecule has 7 heteroatoms. The zero-order chi connectivity index (χ0) is 14.6. The highest BCUT2D eigenvalue weighted by molar-refractivity contribution is 5.77. The van der Waals surface area contributed by atoms with Crippen molar-refractivity contribution in [1.82, 2.24) is 9.80 Å². The van der Waals surface area contributed by atoms with Crippen molar-refractivity contribution in [3.05, 3.63) is 0 Å². The van der Waals surface area contributed by atoms with Crippen LogP contribution in [0.3, 0.4) is 0 Å². The highest BCUT2D eigenvalue weighted by Gasteiger charge is 2.38. The lowest BCUT2D eigenvalue weighted by Crippen LogP contribution is -2.56. The molecule has 0 aromatic carbocycles. The summed E-state index contributed by atoms with van der Waals surface area (Å²) >= 11 is 0. The fourth-order valence-electron chi connectivity index (χ4n) is 1.88. The Balaban J connectivity index is 2.32. The molecule has 0 bridgehead atoms. The zero-order valence-electron chi connectivity index (χ0n) is 11.5. The lowest BCUT2D eigenvalue weighted by Gasteiger charge is -2.42. The minimum atomic E-state index is -0.837. The van der Waals surface area contributed by atoms with E-state index in [1.54, 1.807) is 18.9 Å². The van der Waals surface area contributed by atoms with Crippen molar-refractivity contribution in [1.29, 1.82) is 0 Å². The Morgan fingerprint density at radius 2 is 2.00 bits per heavy atom. The molecule has 1 fully saturated rings. The number of amides is 2. The molecule has 0 radical (unpaired) electrons. The first kappa shape index (κ1) is 15.3. The third-order valence-corrected chi connectivity index (χ3v) is 3.48. The largest absolute Gasteiger partial charge is 0.481 e. The number of likely N-dealkylation sites (tertiary alicyclic amines) is 1. The van der Waals surface area contributed by atoms with Crippen LogP contribution in [0.5, 0.6) is 0 Å². The first-order valence-corrected chi connectivity index (χ1v) is 6.16. The standard InChI is InChI=1S/C12H20N2O5/c1-8(11(16)17)9-6-14(7-9)12(18)13(2)5-4-10(15)19-3/h8-9H,4-7H2,1-3H3,(H,16,17). The van der Waals surface area contributed by atoms with Crippen LogP contribution in [0.25, 0.3) is 0 Å². The lowest BCUT2D eigenvalue weighted by molar-refractivity contribution is -0.145. The quantitative estimate of drug-likeness (QED) is 0.725. The summed E-state index contributed by atoms with van der Waals surface area (Å²) in [6, 6.07) is -0.183. The van der Waals surface area contributed by atoms with Crippen molar-refractivity contribution in [3.63, 3.8) is 0 Å². The number of esters is 1. The molecule has 1 aliphatic rings. The van der Waals surface area contributed by atoms with E-state index in [1.807, 2.05) is 0 Å². The second-order valence-electron chi connectivity index (χ2n) is 4.82. The summed E-state index contributed by atoms with van der Waals surface area (Å²) in [5.41, 5.74) is 0. The van der Waals surface area contributed by atoms with Gasteiger partial charge in [-0.1, -0.05) is 6.92 Å². The fraction of sp³-hybridized carbons (Fsp3) is 0.750. The molecule has 2 amide bonds. The van der Waals surface area contributed by atoms with Gasteiger partial charge in [0, 0.05) is 32.6 Å². The molecular formula is C12H20N2O5. The van der Waals surface area contributed by atoms with Crippen LogP contribution in [-0.2, 0) is 14.3 Å². The predicted octanol–water partition coefficient (Wildman–Crippen LogP) is 0.254. The van der Waals surface area contributed by atoms with Gasteiger partial charge in [-0.3, -0.25) is 9.59 Å². The molecule has 19 heavy (non-hydrogen) atoms. The van der Waals surface area contributed by atoms with Crippen LogP contribution in [-0.4, -0.2) is 66.7 Å². The van der Waals surface area contributed by atoms with Gasteiger partial charge in [0.2, 0.25) is 0 Å². The number of aliphatic carboxylic acids is 1. The van der Waals surface area contributed by atoms with Crippen molar-refractivity contribution < 1.29 is 24.2 Å². The van der Waals surface area contributed by atoms with E-state index in [0.29, 0.717) is 19.6 Å². The third-order valence-electron chi connectivity index (χ3n) is 3.48. The second-order valence-corrected chi connectivity index (χ2v) is 4.82. The van der Waals surface area contributed by atoms with E-state index >= 15 is 0 Å². The van der Waals surface area contributed by atoms with E-state index in [0.717, 1.165) is 0 Å². The number of urea groups is 1. The van der Waals surface area contributed by atoms with Gasteiger partial charge in [-0.15, -0.1) is 0 Å². The van der Waals surface area contributed by atoms with Crippen molar-refractivity contribution >= 4 is 18.0 Å². The minimum absolute atomic E-state index is 0.00968. The number of hydrogen-bond acceptors (Lipinski definition) is 4. The van der Waals surface area contributed by atoms with Crippen LogP contribution in [0.1, 0.15) is 13.3 Å². The van der Waals surface area contributed by atoms with Gasteiger partial charge in [0.25, 0.3) is 0 Å². The fourth-order valence-corrected chi connectivity index (χ4v) is 1.88. The summed E-state index contributed by atoms with van der Waals surface area (Å²) in [5, 5.41) is 8.86. The normalized spacial score (nSPS) is 16.5. The number of hydrogen-bond donors (Lipinski definition) is 1. The molecule has 1 saturated heterocycles. The molecule has 7 nitrogen and oxygen atoms in total. The molecule has 0 saturated carbocycles. The number of carboxylic acid groups (broad SMARTS) is 1. The van der Waals surface area contributed by atoms with E-state index in [2.05, 4.69) is 4.74 Å². The summed E-state index contributed by atoms with van der Waals surface area (Å²) in [5.74, 6) is -1.63. The molecule has 1 atom stereocenters. The Labute approximate surface area is 112 Å². The third kappa shape index (κ3) is 3.84. The number of carbonyl (C=O) groups is 3. The highest BCUT2D eigenvalue weighted by atomic mass is 16.5. The average molecular weight is 272 g/mol. The van der Waals surface area contributed by atoms with Gasteiger partial charge in [-0.25, -0.2) is 4.79 Å². The van der Waals surface area contributed by atoms with Crippen molar-refractivity contribution in [2.24, 2.45) is 11.8 Å². The van der Waals surface area contributed by atoms with Crippen LogP contribution in [0.4, 0.5) is 4.79 Å². The number of rotatable bonds is 5. The summed E-state index contributed by atoms with van der Waals surface area (Å²) in [4.78, 5) is 36.7. The summed E-state index contributed by atoms with van der Waals surface area (Å²) in [7, 11) is 2.91. The SMILES string of the molecule is COC(=O)CCN(C)C(=O)N1CC(C(C)C(=O)O)C1. The van der Waals surface area contributed by atoms with Crippen LogP contribution in [0.15, 0.2) is 0 Å². The van der Waals surface area contributed by atoms with E-state index in [4.69, 9.17) is 5.11 Å². The van der Waals surface area contributed by atoms with Gasteiger partial charge < -0.3 is 19.6 Å². The smallest absolute Gasteiger partial charge is 0.319 e. The number of ether oxygens (including phenoxy) is 1. The first-order chi connectivity index (χ1) is 8.86. The zero-order valence-corrected chi connectivity index (χ0v) is 11.5. The lowest BCUT2D eigenvalue weighted by atomic mass is 9.87. The van der Waals surface area contributed by atoms with Crippen LogP contribution in [0, 0.1) is 11.8 Å². The topological polar surface area (TPSA) is 87.2 Å². The van der Waals surface area contributed by atoms with E-state index in [-0.39, 0.29) is 24.3 Å². The van der Waals surface area contributed by atoms with Gasteiger partial charge in [0.05, 0.1) is 19.4 Å². The van der Waals surface area contributed by atoms with E-state index < -0.39 is 11.9 Å². The summed E-state index contributed by atoms with van der Waals surface area (Å²) in [6.07, 6.45) is 0.154. The molecule has 1 aliphatic heterocycles. The number of methoxy groups -OCH3 is 1. The minimum Gasteiger partial charge on any atom is -0.481 e. The summed E-state index contributed by atoms with van der Waals surface area (Å²) in [6.45, 7) is 2.85. The highest BCUT2D eigenvalue weighted by Crippen LogP contribution is 2.24. The Hall–Kier alpha value is -1.79. The number of carboxylic acids is 1. The van der Waals surface area contributed by atoms with Gasteiger partial charge in [-0.2, -0.15) is 0 Å². The number of carbonyl (C=O) groups excluding carboxylic acids is 2. The van der Waals surface area contributed by atoms with Gasteiger partial charge in [0.1, 0.15) is 0 Å². The van der Waals surface area contributed by atoms with Crippen LogP contribution < -0.4 is 0 Å². The average Bonchev–Trinajstić information content (AvgIpc) is 2.32. The number of nitrogens with zero attached hydrogens (tertiary/aromatic N) is 2. The van der Waals surface area contributed by atoms with Gasteiger partial charge in [0.15, 0.2) is 0 Å². The van der Waals surface area contributed by atoms with Crippen LogP contribution >= 0.6 is 0 Å². The Bertz CT molecular complexity index is 365. The van der Waals surface area contributed by atoms with Gasteiger partial charge >= 0.3 is 18.0 Å². The maximum Gasteiger partial charge on any atom is 0.319 e. The van der Waals surface area contributed by atoms with Crippen LogP contribution in [0.2, 0.25) is 0 Å². The van der Waals surface area contributed by atoms with Crippen molar-refractivity contribution in [3.8, 4) is 0 Å². The van der Waals surface area contributed by atoms with Crippen molar-refractivity contribution in [2.45, 2.75) is 13.3 Å². The molecule has 0 aromatic rings. The molecule has 1 rings (SSSR count). The first-order valence-electron chi connectivity index (χ1n) is 6.16. The Kier molecular flexibility index (Phi) is 5.14. The van der Waals surface area contributed by atoms with E-state index in [1.165, 1.54) is 12.0 Å². The van der Waals surface area contributed by atoms with Crippen molar-refractivity contribution in [2.75, 3.05) is 33.8 Å².